The van der Waals surface area contributed by atoms with Crippen molar-refractivity contribution in [1.82, 2.24) is 0 Å². The maximum Gasteiger partial charge on any atom is 0.229 e. The third-order valence-electron chi connectivity index (χ3n) is 3.92. The van der Waals surface area contributed by atoms with E-state index in [4.69, 9.17) is 0 Å². The van der Waals surface area contributed by atoms with Crippen LogP contribution in [0.1, 0.15) is 12.0 Å². The standard InChI is InChI=1S/C18H17FN2O2/c1-12-3-2-4-15(9-12)20-18(23)13-10-17(22)21(11-13)16-7-5-14(19)6-8-16/h2-9,13H,10-11H2,1H3,(H,20,23)/t13-/m0/s1. The molecule has 1 fully saturated rings. The number of hydrogen-bond acceptors (Lipinski definition) is 2. The maximum absolute atomic E-state index is 13.0. The molecule has 1 N–H and O–H groups in total. The first-order valence-corrected chi connectivity index (χ1v) is 7.46. The number of carbonyl (C=O) groups is 2. The van der Waals surface area contributed by atoms with Gasteiger partial charge in [0.25, 0.3) is 0 Å². The topological polar surface area (TPSA) is 49.4 Å². The minimum atomic E-state index is -0.409. The number of nitrogens with one attached hydrogen (secondary N) is 1. The van der Waals surface area contributed by atoms with E-state index in [9.17, 15) is 14.0 Å². The number of carbonyl (C=O) groups excluding carboxylic acids is 2. The molecular formula is C18H17FN2O2. The van der Waals surface area contributed by atoms with E-state index in [0.29, 0.717) is 12.2 Å². The Labute approximate surface area is 133 Å². The van der Waals surface area contributed by atoms with Gasteiger partial charge in [-0.3, -0.25) is 9.59 Å². The summed E-state index contributed by atoms with van der Waals surface area (Å²) in [4.78, 5) is 26.0. The third-order valence-corrected chi connectivity index (χ3v) is 3.92. The molecule has 0 unspecified atom stereocenters. The van der Waals surface area contributed by atoms with E-state index in [-0.39, 0.29) is 24.1 Å². The van der Waals surface area contributed by atoms with Crippen LogP contribution in [0.5, 0.6) is 0 Å². The van der Waals surface area contributed by atoms with Crippen LogP contribution in [0, 0.1) is 18.7 Å². The van der Waals surface area contributed by atoms with Crippen molar-refractivity contribution in [2.24, 2.45) is 5.92 Å². The minimum Gasteiger partial charge on any atom is -0.326 e. The van der Waals surface area contributed by atoms with E-state index in [1.54, 1.807) is 12.1 Å². The Morgan fingerprint density at radius 3 is 2.65 bits per heavy atom. The van der Waals surface area contributed by atoms with Gasteiger partial charge in [0.05, 0.1) is 5.92 Å². The van der Waals surface area contributed by atoms with Gasteiger partial charge in [-0.05, 0) is 48.9 Å². The van der Waals surface area contributed by atoms with E-state index < -0.39 is 5.92 Å². The Morgan fingerprint density at radius 1 is 1.22 bits per heavy atom. The third kappa shape index (κ3) is 3.39. The molecule has 1 aliphatic heterocycles. The molecule has 118 valence electrons. The van der Waals surface area contributed by atoms with Crippen LogP contribution in [-0.2, 0) is 9.59 Å². The van der Waals surface area contributed by atoms with Crippen molar-refractivity contribution < 1.29 is 14.0 Å². The predicted molar refractivity (Wildman–Crippen MR) is 86.7 cm³/mol. The number of nitrogens with zero attached hydrogens (tertiary/aromatic N) is 1. The molecule has 2 amide bonds. The van der Waals surface area contributed by atoms with Gasteiger partial charge in [-0.2, -0.15) is 0 Å². The molecule has 0 bridgehead atoms. The summed E-state index contributed by atoms with van der Waals surface area (Å²) in [6.45, 7) is 2.26. The fraction of sp³-hybridized carbons (Fsp3) is 0.222. The van der Waals surface area contributed by atoms with Gasteiger partial charge < -0.3 is 10.2 Å². The second-order valence-electron chi connectivity index (χ2n) is 5.74. The summed E-state index contributed by atoms with van der Waals surface area (Å²) in [6.07, 6.45) is 0.162. The van der Waals surface area contributed by atoms with Gasteiger partial charge in [-0.1, -0.05) is 12.1 Å². The highest BCUT2D eigenvalue weighted by Crippen LogP contribution is 2.26. The normalized spacial score (nSPS) is 17.4. The smallest absolute Gasteiger partial charge is 0.229 e. The molecule has 2 aromatic carbocycles. The van der Waals surface area contributed by atoms with Gasteiger partial charge in [-0.15, -0.1) is 0 Å². The summed E-state index contributed by atoms with van der Waals surface area (Å²) in [5.41, 5.74) is 2.39. The zero-order valence-electron chi connectivity index (χ0n) is 12.8. The highest BCUT2D eigenvalue weighted by atomic mass is 19.1. The molecule has 0 aromatic heterocycles. The average molecular weight is 312 g/mol. The van der Waals surface area contributed by atoms with Crippen molar-refractivity contribution >= 4 is 23.2 Å². The Kier molecular flexibility index (Phi) is 4.10. The van der Waals surface area contributed by atoms with Gasteiger partial charge in [0, 0.05) is 24.3 Å². The molecule has 0 saturated carbocycles. The predicted octanol–water partition coefficient (Wildman–Crippen LogP) is 3.13. The van der Waals surface area contributed by atoms with Crippen molar-refractivity contribution in [3.05, 3.63) is 59.9 Å². The summed E-state index contributed by atoms with van der Waals surface area (Å²) in [7, 11) is 0. The fourth-order valence-corrected chi connectivity index (χ4v) is 2.72. The van der Waals surface area contributed by atoms with Crippen molar-refractivity contribution in [2.75, 3.05) is 16.8 Å². The van der Waals surface area contributed by atoms with Crippen LogP contribution in [0.25, 0.3) is 0 Å². The molecule has 1 heterocycles. The summed E-state index contributed by atoms with van der Waals surface area (Å²) < 4.78 is 13.0. The van der Waals surface area contributed by atoms with Crippen LogP contribution < -0.4 is 10.2 Å². The van der Waals surface area contributed by atoms with Gasteiger partial charge in [0.2, 0.25) is 11.8 Å². The lowest BCUT2D eigenvalue weighted by atomic mass is 10.1. The number of halogens is 1. The Hall–Kier alpha value is -2.69. The van der Waals surface area contributed by atoms with E-state index in [2.05, 4.69) is 5.32 Å². The van der Waals surface area contributed by atoms with Gasteiger partial charge >= 0.3 is 0 Å². The highest BCUT2D eigenvalue weighted by Gasteiger charge is 2.35. The van der Waals surface area contributed by atoms with Crippen LogP contribution in [0.4, 0.5) is 15.8 Å². The molecule has 4 nitrogen and oxygen atoms in total. The van der Waals surface area contributed by atoms with Crippen LogP contribution >= 0.6 is 0 Å². The second kappa shape index (κ2) is 6.20. The summed E-state index contributed by atoms with van der Waals surface area (Å²) >= 11 is 0. The first-order chi connectivity index (χ1) is 11.0. The van der Waals surface area contributed by atoms with Gasteiger partial charge in [0.15, 0.2) is 0 Å². The average Bonchev–Trinajstić information content (AvgIpc) is 2.90. The maximum atomic E-state index is 13.0. The highest BCUT2D eigenvalue weighted by molar-refractivity contribution is 6.03. The molecule has 1 saturated heterocycles. The first kappa shape index (κ1) is 15.2. The summed E-state index contributed by atoms with van der Waals surface area (Å²) in [6, 6.07) is 13.2. The molecule has 3 rings (SSSR count). The van der Waals surface area contributed by atoms with Crippen molar-refractivity contribution in [1.29, 1.82) is 0 Å². The summed E-state index contributed by atoms with van der Waals surface area (Å²) in [5, 5.41) is 2.85. The van der Waals surface area contributed by atoms with Crippen molar-refractivity contribution in [2.45, 2.75) is 13.3 Å². The van der Waals surface area contributed by atoms with Gasteiger partial charge in [-0.25, -0.2) is 4.39 Å². The van der Waals surface area contributed by atoms with Crippen LogP contribution in [0.15, 0.2) is 48.5 Å². The Morgan fingerprint density at radius 2 is 1.96 bits per heavy atom. The summed E-state index contributed by atoms with van der Waals surface area (Å²) in [5.74, 6) is -1.06. The number of hydrogen-bond donors (Lipinski definition) is 1. The lowest BCUT2D eigenvalue weighted by Crippen LogP contribution is -2.28. The first-order valence-electron chi connectivity index (χ1n) is 7.46. The van der Waals surface area contributed by atoms with Crippen LogP contribution in [0.2, 0.25) is 0 Å². The second-order valence-corrected chi connectivity index (χ2v) is 5.74. The fourth-order valence-electron chi connectivity index (χ4n) is 2.72. The lowest BCUT2D eigenvalue weighted by molar-refractivity contribution is -0.122. The molecule has 0 spiro atoms. The number of rotatable bonds is 3. The lowest BCUT2D eigenvalue weighted by Gasteiger charge is -2.16. The van der Waals surface area contributed by atoms with Crippen molar-refractivity contribution in [3.8, 4) is 0 Å². The molecule has 0 aliphatic carbocycles. The number of amides is 2. The largest absolute Gasteiger partial charge is 0.326 e. The SMILES string of the molecule is Cc1cccc(NC(=O)[C@H]2CC(=O)N(c3ccc(F)cc3)C2)c1. The Balaban J connectivity index is 1.69. The molecule has 23 heavy (non-hydrogen) atoms. The van der Waals surface area contributed by atoms with E-state index in [0.717, 1.165) is 11.3 Å². The molecule has 1 atom stereocenters. The molecule has 0 radical (unpaired) electrons. The molecule has 2 aromatic rings. The van der Waals surface area contributed by atoms with E-state index in [1.165, 1.54) is 17.0 Å². The number of benzene rings is 2. The molecule has 1 aliphatic rings. The van der Waals surface area contributed by atoms with Crippen molar-refractivity contribution in [3.63, 3.8) is 0 Å². The number of anilines is 2. The monoisotopic (exact) mass is 312 g/mol. The molecular weight excluding hydrogens is 295 g/mol. The quantitative estimate of drug-likeness (QED) is 0.946. The van der Waals surface area contributed by atoms with E-state index in [1.807, 2.05) is 31.2 Å². The van der Waals surface area contributed by atoms with Gasteiger partial charge in [0.1, 0.15) is 5.82 Å². The Bertz CT molecular complexity index is 743. The van der Waals surface area contributed by atoms with E-state index >= 15 is 0 Å². The zero-order valence-corrected chi connectivity index (χ0v) is 12.8. The van der Waals surface area contributed by atoms with Crippen LogP contribution in [0.3, 0.4) is 0 Å². The molecule has 5 heteroatoms. The minimum absolute atomic E-state index is 0.124. The number of aryl methyl sites for hydroxylation is 1. The zero-order chi connectivity index (χ0) is 16.4. The van der Waals surface area contributed by atoms with Crippen LogP contribution in [-0.4, -0.2) is 18.4 Å².